The van der Waals surface area contributed by atoms with Crippen LogP contribution in [0.5, 0.6) is 5.75 Å². The molecular formula is C23H30N2O4S. The van der Waals surface area contributed by atoms with E-state index in [0.29, 0.717) is 6.61 Å². The molecule has 7 heteroatoms. The van der Waals surface area contributed by atoms with Gasteiger partial charge < -0.3 is 14.4 Å². The van der Waals surface area contributed by atoms with Crippen molar-refractivity contribution >= 4 is 28.7 Å². The van der Waals surface area contributed by atoms with Gasteiger partial charge in [0.25, 0.3) is 0 Å². The van der Waals surface area contributed by atoms with Crippen LogP contribution in [0.1, 0.15) is 44.6 Å². The van der Waals surface area contributed by atoms with Gasteiger partial charge in [-0.2, -0.15) is 0 Å². The van der Waals surface area contributed by atoms with Gasteiger partial charge in [-0.15, -0.1) is 4.91 Å². The number of ether oxygens (including phenoxy) is 2. The highest BCUT2D eigenvalue weighted by molar-refractivity contribution is 7.99. The summed E-state index contributed by atoms with van der Waals surface area (Å²) >= 11 is 1.16. The minimum Gasteiger partial charge on any atom is -0.497 e. The van der Waals surface area contributed by atoms with E-state index in [2.05, 4.69) is 16.4 Å². The zero-order valence-corrected chi connectivity index (χ0v) is 18.7. The molecule has 162 valence electrons. The van der Waals surface area contributed by atoms with E-state index in [1.165, 1.54) is 0 Å². The molecule has 30 heavy (non-hydrogen) atoms. The number of carbonyl (C=O) groups is 1. The molecule has 1 saturated heterocycles. The number of nitroso groups, excluding NO2 is 1. The molecule has 6 nitrogen and oxygen atoms in total. The zero-order chi connectivity index (χ0) is 21.6. The van der Waals surface area contributed by atoms with E-state index in [-0.39, 0.29) is 16.6 Å². The second-order valence-electron chi connectivity index (χ2n) is 8.17. The fourth-order valence-electron chi connectivity index (χ4n) is 3.79. The van der Waals surface area contributed by atoms with Gasteiger partial charge in [-0.25, -0.2) is 0 Å². The summed E-state index contributed by atoms with van der Waals surface area (Å²) < 4.78 is 13.8. The molecule has 0 spiro atoms. The van der Waals surface area contributed by atoms with Gasteiger partial charge in [0.15, 0.2) is 0 Å². The number of piperidine rings is 1. The minimum absolute atomic E-state index is 0.0366. The number of hydrogen-bond donors (Lipinski definition) is 0. The molecule has 0 N–H and O–H groups in total. The quantitative estimate of drug-likeness (QED) is 0.237. The fraction of sp³-hybridized carbons (Fsp3) is 0.522. The number of esters is 1. The van der Waals surface area contributed by atoms with E-state index >= 15 is 0 Å². The summed E-state index contributed by atoms with van der Waals surface area (Å²) in [4.78, 5) is 25.4. The van der Waals surface area contributed by atoms with E-state index in [9.17, 15) is 9.70 Å². The second-order valence-corrected chi connectivity index (χ2v) is 9.49. The van der Waals surface area contributed by atoms with Crippen molar-refractivity contribution in [1.82, 2.24) is 4.90 Å². The smallest absolute Gasteiger partial charge is 0.313 e. The van der Waals surface area contributed by atoms with Crippen molar-refractivity contribution in [3.8, 4) is 5.75 Å². The van der Waals surface area contributed by atoms with Crippen LogP contribution in [0.4, 0.5) is 0 Å². The molecule has 0 radical (unpaired) electrons. The Hall–Kier alpha value is -2.12. The van der Waals surface area contributed by atoms with E-state index in [1.54, 1.807) is 7.11 Å². The molecule has 0 saturated carbocycles. The average Bonchev–Trinajstić information content (AvgIpc) is 2.76. The Morgan fingerprint density at radius 3 is 2.60 bits per heavy atom. The molecule has 1 heterocycles. The molecule has 1 aliphatic heterocycles. The molecule has 3 rings (SSSR count). The Labute approximate surface area is 182 Å². The molecule has 1 fully saturated rings. The maximum atomic E-state index is 12.5. The number of methoxy groups -OCH3 is 1. The summed E-state index contributed by atoms with van der Waals surface area (Å²) in [5, 5.41) is 2.16. The highest BCUT2D eigenvalue weighted by Gasteiger charge is 2.31. The highest BCUT2D eigenvalue weighted by Crippen LogP contribution is 2.36. The molecule has 2 aromatic carbocycles. The van der Waals surface area contributed by atoms with Crippen molar-refractivity contribution in [2.45, 2.75) is 43.8 Å². The normalized spacial score (nSPS) is 17.4. The Bertz CT molecular complexity index is 881. The molecule has 0 aliphatic carbocycles. The van der Waals surface area contributed by atoms with Crippen LogP contribution >= 0.6 is 11.9 Å². The Morgan fingerprint density at radius 1 is 1.20 bits per heavy atom. The zero-order valence-electron chi connectivity index (χ0n) is 17.9. The first kappa shape index (κ1) is 22.6. The lowest BCUT2D eigenvalue weighted by molar-refractivity contribution is -0.145. The molecule has 0 unspecified atom stereocenters. The number of nitrogens with zero attached hydrogens (tertiary/aromatic N) is 2. The van der Waals surface area contributed by atoms with Crippen LogP contribution in [0.3, 0.4) is 0 Å². The lowest BCUT2D eigenvalue weighted by atomic mass is 9.97. The van der Waals surface area contributed by atoms with Crippen LogP contribution < -0.4 is 4.74 Å². The van der Waals surface area contributed by atoms with Crippen LogP contribution in [0.2, 0.25) is 0 Å². The Balaban J connectivity index is 1.44. The van der Waals surface area contributed by atoms with Crippen molar-refractivity contribution in [3.05, 3.63) is 46.9 Å². The van der Waals surface area contributed by atoms with Crippen molar-refractivity contribution in [3.63, 3.8) is 0 Å². The molecule has 0 amide bonds. The lowest BCUT2D eigenvalue weighted by Crippen LogP contribution is -2.41. The Morgan fingerprint density at radius 2 is 1.90 bits per heavy atom. The molecular weight excluding hydrogens is 400 g/mol. The van der Waals surface area contributed by atoms with Crippen LogP contribution in [-0.4, -0.2) is 49.0 Å². The predicted molar refractivity (Wildman–Crippen MR) is 122 cm³/mol. The molecule has 0 aromatic heterocycles. The lowest BCUT2D eigenvalue weighted by Gasteiger charge is -2.36. The first-order valence-corrected chi connectivity index (χ1v) is 11.2. The maximum absolute atomic E-state index is 12.5. The van der Waals surface area contributed by atoms with Crippen LogP contribution in [0.25, 0.3) is 10.8 Å². The first-order valence-electron chi connectivity index (χ1n) is 10.4. The van der Waals surface area contributed by atoms with Gasteiger partial charge >= 0.3 is 5.97 Å². The summed E-state index contributed by atoms with van der Waals surface area (Å²) in [6.45, 7) is 7.21. The maximum Gasteiger partial charge on any atom is 0.313 e. The first-order chi connectivity index (χ1) is 14.4. The van der Waals surface area contributed by atoms with Gasteiger partial charge in [-0.1, -0.05) is 24.3 Å². The number of hydrogen-bond acceptors (Lipinski definition) is 7. The minimum atomic E-state index is -0.305. The monoisotopic (exact) mass is 430 g/mol. The topological polar surface area (TPSA) is 68.2 Å². The largest absolute Gasteiger partial charge is 0.497 e. The molecule has 1 atom stereocenters. The van der Waals surface area contributed by atoms with Crippen molar-refractivity contribution < 1.29 is 14.3 Å². The summed E-state index contributed by atoms with van der Waals surface area (Å²) in [6.07, 6.45) is 2.72. The third-order valence-corrected chi connectivity index (χ3v) is 6.88. The van der Waals surface area contributed by atoms with Crippen molar-refractivity contribution in [2.75, 3.05) is 33.4 Å². The number of benzene rings is 2. The predicted octanol–water partition coefficient (Wildman–Crippen LogP) is 5.15. The molecule has 0 bridgehead atoms. The van der Waals surface area contributed by atoms with Crippen LogP contribution in [0, 0.1) is 4.91 Å². The van der Waals surface area contributed by atoms with Crippen molar-refractivity contribution in [1.29, 1.82) is 0 Å². The van der Waals surface area contributed by atoms with Crippen LogP contribution in [-0.2, 0) is 9.53 Å². The molecule has 2 aromatic rings. The van der Waals surface area contributed by atoms with Gasteiger partial charge in [0.2, 0.25) is 0 Å². The van der Waals surface area contributed by atoms with Crippen LogP contribution in [0.15, 0.2) is 41.0 Å². The standard InChI is InChI=1S/C23H30N2O4S/c1-17(18-5-6-20-16-21(28-3)8-7-19(20)15-18)22(26)29-14-4-11-25-12-9-23(2,10-13-25)30-24-27/h5-8,15-17H,4,9-14H2,1-3H3/t17-/m0/s1. The van der Waals surface area contributed by atoms with E-state index in [1.807, 2.05) is 43.3 Å². The third kappa shape index (κ3) is 5.73. The average molecular weight is 431 g/mol. The summed E-state index contributed by atoms with van der Waals surface area (Å²) in [7, 11) is 1.65. The van der Waals surface area contributed by atoms with E-state index in [0.717, 1.165) is 72.9 Å². The highest BCUT2D eigenvalue weighted by atomic mass is 32.2. The van der Waals surface area contributed by atoms with E-state index in [4.69, 9.17) is 9.47 Å². The number of carbonyl (C=O) groups excluding carboxylic acids is 1. The summed E-state index contributed by atoms with van der Waals surface area (Å²) in [5.41, 5.74) is 0.953. The van der Waals surface area contributed by atoms with Gasteiger partial charge in [0, 0.05) is 27.8 Å². The van der Waals surface area contributed by atoms with Crippen molar-refractivity contribution in [2.24, 2.45) is 4.58 Å². The summed E-state index contributed by atoms with van der Waals surface area (Å²) in [6, 6.07) is 11.9. The van der Waals surface area contributed by atoms with Gasteiger partial charge in [0.1, 0.15) is 5.75 Å². The Kier molecular flexibility index (Phi) is 7.72. The third-order valence-electron chi connectivity index (χ3n) is 5.96. The van der Waals surface area contributed by atoms with E-state index < -0.39 is 0 Å². The van der Waals surface area contributed by atoms with Gasteiger partial charge in [-0.05, 0) is 74.7 Å². The fourth-order valence-corrected chi connectivity index (χ4v) is 4.34. The number of likely N-dealkylation sites (tertiary alicyclic amines) is 1. The van der Waals surface area contributed by atoms with Gasteiger partial charge in [-0.3, -0.25) is 4.79 Å². The van der Waals surface area contributed by atoms with Gasteiger partial charge in [0.05, 0.1) is 19.6 Å². The molecule has 1 aliphatic rings. The summed E-state index contributed by atoms with van der Waals surface area (Å²) in [5.74, 6) is 0.322. The number of rotatable bonds is 9. The SMILES string of the molecule is COc1ccc2cc([C@H](C)C(=O)OCCCN3CCC(C)(SN=O)CC3)ccc2c1. The second kappa shape index (κ2) is 10.3. The number of fused-ring (bicyclic) bond motifs is 1.